The Morgan fingerprint density at radius 3 is 2.62 bits per heavy atom. The monoisotopic (exact) mass is 525 g/mol. The van der Waals surface area contributed by atoms with Gasteiger partial charge in [0, 0.05) is 17.9 Å². The fourth-order valence-corrected chi connectivity index (χ4v) is 4.95. The fourth-order valence-electron chi connectivity index (χ4n) is 4.16. The Kier molecular flexibility index (Phi) is 7.44. The predicted octanol–water partition coefficient (Wildman–Crippen LogP) is 2.06. The zero-order valence-electron chi connectivity index (χ0n) is 19.9. The summed E-state index contributed by atoms with van der Waals surface area (Å²) in [5.41, 5.74) is 2.51. The summed E-state index contributed by atoms with van der Waals surface area (Å²) >= 11 is 1.43. The highest BCUT2D eigenvalue weighted by molar-refractivity contribution is 7.98. The van der Waals surface area contributed by atoms with E-state index in [-0.39, 0.29) is 12.3 Å². The van der Waals surface area contributed by atoms with Crippen LogP contribution in [-0.2, 0) is 17.0 Å². The van der Waals surface area contributed by atoms with Crippen LogP contribution in [0.2, 0.25) is 0 Å². The molecule has 0 aliphatic carbocycles. The molecule has 2 aromatic heterocycles. The van der Waals surface area contributed by atoms with Crippen molar-refractivity contribution in [1.29, 1.82) is 0 Å². The molecule has 0 spiro atoms. The number of thioether (sulfide) groups is 1. The molecule has 1 aliphatic heterocycles. The quantitative estimate of drug-likeness (QED) is 0.161. The maximum absolute atomic E-state index is 10.6. The molecule has 3 heterocycles. The number of fused-ring (bicyclic) bond motifs is 1. The summed E-state index contributed by atoms with van der Waals surface area (Å²) in [5, 5.41) is 44.5. The topological polar surface area (TPSA) is 155 Å². The number of aromatic nitrogens is 4. The largest absolute Gasteiger partial charge is 0.504 e. The Labute approximate surface area is 216 Å². The van der Waals surface area contributed by atoms with Crippen molar-refractivity contribution in [3.05, 3.63) is 66.0 Å². The normalized spacial score (nSPS) is 21.4. The lowest BCUT2D eigenvalue weighted by molar-refractivity contribution is -0.0511. The van der Waals surface area contributed by atoms with Gasteiger partial charge in [0.2, 0.25) is 0 Å². The number of ether oxygens (including phenoxy) is 2. The minimum absolute atomic E-state index is 0.0264. The maximum Gasteiger partial charge on any atom is 0.191 e. The first-order valence-corrected chi connectivity index (χ1v) is 12.6. The lowest BCUT2D eigenvalue weighted by Gasteiger charge is -2.17. The van der Waals surface area contributed by atoms with Gasteiger partial charge in [0.15, 0.2) is 39.9 Å². The van der Waals surface area contributed by atoms with Gasteiger partial charge >= 0.3 is 0 Å². The van der Waals surface area contributed by atoms with Crippen molar-refractivity contribution in [2.45, 2.75) is 42.0 Å². The first-order valence-electron chi connectivity index (χ1n) is 11.6. The van der Waals surface area contributed by atoms with E-state index in [4.69, 9.17) is 9.47 Å². The van der Waals surface area contributed by atoms with Crippen LogP contribution in [0.3, 0.4) is 0 Å². The van der Waals surface area contributed by atoms with E-state index in [1.54, 1.807) is 18.2 Å². The first-order chi connectivity index (χ1) is 18.0. The van der Waals surface area contributed by atoms with E-state index in [2.05, 4.69) is 20.3 Å². The number of aliphatic hydroxyl groups is 3. The first kappa shape index (κ1) is 25.2. The molecule has 194 valence electrons. The second kappa shape index (κ2) is 10.9. The number of nitrogens with one attached hydrogen (secondary N) is 1. The van der Waals surface area contributed by atoms with Crippen LogP contribution in [0.25, 0.3) is 11.2 Å². The molecule has 37 heavy (non-hydrogen) atoms. The minimum Gasteiger partial charge on any atom is -0.504 e. The van der Waals surface area contributed by atoms with Gasteiger partial charge in [-0.05, 0) is 11.6 Å². The molecule has 11 nitrogen and oxygen atoms in total. The van der Waals surface area contributed by atoms with Crippen LogP contribution in [-0.4, -0.2) is 72.0 Å². The lowest BCUT2D eigenvalue weighted by Crippen LogP contribution is -2.33. The van der Waals surface area contributed by atoms with Crippen LogP contribution in [0.15, 0.2) is 60.0 Å². The van der Waals surface area contributed by atoms with Gasteiger partial charge in [0.1, 0.15) is 18.3 Å². The van der Waals surface area contributed by atoms with Gasteiger partial charge < -0.3 is 35.2 Å². The van der Waals surface area contributed by atoms with E-state index < -0.39 is 31.1 Å². The summed E-state index contributed by atoms with van der Waals surface area (Å²) in [6.45, 7) is -0.204. The Morgan fingerprint density at radius 2 is 1.89 bits per heavy atom. The molecule has 0 amide bonds. The third kappa shape index (κ3) is 5.06. The summed E-state index contributed by atoms with van der Waals surface area (Å²) in [5.74, 6) is 1.44. The zero-order chi connectivity index (χ0) is 25.9. The van der Waals surface area contributed by atoms with Crippen LogP contribution in [0.1, 0.15) is 17.4 Å². The highest BCUT2D eigenvalue weighted by atomic mass is 32.2. The van der Waals surface area contributed by atoms with Gasteiger partial charge in [-0.3, -0.25) is 4.57 Å². The molecule has 5 N–H and O–H groups in total. The van der Waals surface area contributed by atoms with E-state index in [9.17, 15) is 20.4 Å². The predicted molar refractivity (Wildman–Crippen MR) is 136 cm³/mol. The van der Waals surface area contributed by atoms with Crippen molar-refractivity contribution in [2.24, 2.45) is 0 Å². The smallest absolute Gasteiger partial charge is 0.191 e. The van der Waals surface area contributed by atoms with Crippen LogP contribution < -0.4 is 10.1 Å². The molecule has 1 saturated heterocycles. The van der Waals surface area contributed by atoms with Crippen molar-refractivity contribution < 1.29 is 29.9 Å². The standard InChI is InChI=1S/C25H27N5O6S/c1-35-16-9-5-8-15(19(16)32)10-26-22-18-23(29-25(28-22)37-12-14-6-3-2-4-7-14)30(13-27-18)24-21(34)20(33)17(11-31)36-24/h2-9,13,17,20-21,24,31-34H,10-12H2,1H3,(H,26,28,29)/t17-,20-,21-,24-/m1/s1. The van der Waals surface area contributed by atoms with Crippen molar-refractivity contribution in [3.8, 4) is 11.5 Å². The van der Waals surface area contributed by atoms with E-state index in [0.717, 1.165) is 5.56 Å². The number of rotatable bonds is 9. The third-order valence-corrected chi connectivity index (χ3v) is 7.07. The van der Waals surface area contributed by atoms with Crippen LogP contribution in [0.5, 0.6) is 11.5 Å². The Morgan fingerprint density at radius 1 is 1.08 bits per heavy atom. The van der Waals surface area contributed by atoms with Gasteiger partial charge in [-0.1, -0.05) is 54.2 Å². The number of phenols is 1. The highest BCUT2D eigenvalue weighted by Gasteiger charge is 2.44. The summed E-state index contributed by atoms with van der Waals surface area (Å²) in [7, 11) is 1.49. The van der Waals surface area contributed by atoms with Gasteiger partial charge in [0.25, 0.3) is 0 Å². The minimum atomic E-state index is -1.28. The molecule has 1 fully saturated rings. The third-order valence-electron chi connectivity index (χ3n) is 6.15. The average molecular weight is 526 g/mol. The van der Waals surface area contributed by atoms with E-state index >= 15 is 0 Å². The van der Waals surface area contributed by atoms with Crippen LogP contribution in [0.4, 0.5) is 5.82 Å². The number of imidazole rings is 1. The Hall–Kier alpha value is -3.42. The second-order valence-corrected chi connectivity index (χ2v) is 9.45. The highest BCUT2D eigenvalue weighted by Crippen LogP contribution is 2.34. The van der Waals surface area contributed by atoms with Gasteiger partial charge in [-0.25, -0.2) is 15.0 Å². The number of benzene rings is 2. The molecule has 4 aromatic rings. The number of anilines is 1. The molecule has 2 aromatic carbocycles. The Bertz CT molecular complexity index is 1370. The number of phenolic OH excluding ortho intramolecular Hbond substituents is 1. The maximum atomic E-state index is 10.6. The average Bonchev–Trinajstić information content (AvgIpc) is 3.47. The number of hydrogen-bond acceptors (Lipinski definition) is 11. The molecular formula is C25H27N5O6S. The summed E-state index contributed by atoms with van der Waals surface area (Å²) in [6, 6.07) is 15.1. The van der Waals surface area contributed by atoms with E-state index in [1.807, 2.05) is 30.3 Å². The molecular weight excluding hydrogens is 498 g/mol. The van der Waals surface area contributed by atoms with Gasteiger partial charge in [-0.2, -0.15) is 0 Å². The van der Waals surface area contributed by atoms with Crippen molar-refractivity contribution in [1.82, 2.24) is 19.5 Å². The van der Waals surface area contributed by atoms with Crippen molar-refractivity contribution >= 4 is 28.7 Å². The van der Waals surface area contributed by atoms with E-state index in [0.29, 0.717) is 39.2 Å². The molecule has 0 saturated carbocycles. The number of hydrogen-bond donors (Lipinski definition) is 5. The van der Waals surface area contributed by atoms with Crippen LogP contribution >= 0.6 is 11.8 Å². The van der Waals surface area contributed by atoms with Crippen LogP contribution in [0, 0.1) is 0 Å². The molecule has 12 heteroatoms. The fraction of sp³-hybridized carbons (Fsp3) is 0.320. The van der Waals surface area contributed by atoms with Crippen molar-refractivity contribution in [2.75, 3.05) is 19.0 Å². The summed E-state index contributed by atoms with van der Waals surface area (Å²) in [4.78, 5) is 13.8. The number of aromatic hydroxyl groups is 1. The van der Waals surface area contributed by atoms with Gasteiger partial charge in [0.05, 0.1) is 20.0 Å². The summed E-state index contributed by atoms with van der Waals surface area (Å²) in [6.07, 6.45) is -3.00. The molecule has 1 aliphatic rings. The Balaban J connectivity index is 1.49. The van der Waals surface area contributed by atoms with E-state index in [1.165, 1.54) is 29.8 Å². The number of para-hydroxylation sites is 1. The molecule has 0 radical (unpaired) electrons. The second-order valence-electron chi connectivity index (χ2n) is 8.50. The summed E-state index contributed by atoms with van der Waals surface area (Å²) < 4.78 is 12.4. The number of aliphatic hydroxyl groups excluding tert-OH is 3. The SMILES string of the molecule is COc1cccc(CNc2nc(SCc3ccccc3)nc3c2ncn3[C@@H]2O[C@H](CO)[C@@H](O)[C@H]2O)c1O. The lowest BCUT2D eigenvalue weighted by atomic mass is 10.1. The zero-order valence-corrected chi connectivity index (χ0v) is 20.7. The molecule has 0 unspecified atom stereocenters. The van der Waals surface area contributed by atoms with Crippen molar-refractivity contribution in [3.63, 3.8) is 0 Å². The molecule has 5 rings (SSSR count). The number of methoxy groups -OCH3 is 1. The number of nitrogens with zero attached hydrogens (tertiary/aromatic N) is 4. The molecule has 0 bridgehead atoms. The van der Waals surface area contributed by atoms with Gasteiger partial charge in [-0.15, -0.1) is 0 Å². The molecule has 4 atom stereocenters.